The van der Waals surface area contributed by atoms with Gasteiger partial charge in [-0.2, -0.15) is 0 Å². The first kappa shape index (κ1) is 19.8. The van der Waals surface area contributed by atoms with Crippen molar-refractivity contribution < 1.29 is 13.6 Å². The van der Waals surface area contributed by atoms with Crippen molar-refractivity contribution >= 4 is 20.3 Å². The highest BCUT2D eigenvalue weighted by atomic mass is 28.3. The zero-order valence-corrected chi connectivity index (χ0v) is 15.7. The summed E-state index contributed by atoms with van der Waals surface area (Å²) < 4.78 is 11.7. The van der Waals surface area contributed by atoms with E-state index in [0.717, 1.165) is 35.7 Å². The van der Waals surface area contributed by atoms with Gasteiger partial charge in [-0.05, 0) is 63.5 Å². The van der Waals surface area contributed by atoms with Gasteiger partial charge in [0.2, 0.25) is 0 Å². The maximum Gasteiger partial charge on any atom is 0.423 e. The van der Waals surface area contributed by atoms with Crippen LogP contribution in [0.1, 0.15) is 43.1 Å². The third-order valence-electron chi connectivity index (χ3n) is 3.43. The second kappa shape index (κ2) is 10.5. The van der Waals surface area contributed by atoms with Gasteiger partial charge in [-0.25, -0.2) is 0 Å². The normalized spacial score (nSPS) is 11.0. The minimum absolute atomic E-state index is 0.000606. The van der Waals surface area contributed by atoms with Crippen LogP contribution < -0.4 is 10.5 Å². The van der Waals surface area contributed by atoms with E-state index in [1.165, 1.54) is 0 Å². The lowest BCUT2D eigenvalue weighted by Gasteiger charge is -2.19. The molecular weight excluding hydrogens is 306 g/mol. The SMILES string of the molecule is C=C(C)C(=O)c1cccc([Si](OCC)OCC)c1CCCNC. The summed E-state index contributed by atoms with van der Waals surface area (Å²) >= 11 is 0. The van der Waals surface area contributed by atoms with Crippen molar-refractivity contribution in [2.45, 2.75) is 33.6 Å². The third-order valence-corrected chi connectivity index (χ3v) is 5.44. The molecule has 1 rings (SSSR count). The molecule has 1 N–H and O–H groups in total. The standard InChI is InChI=1S/C18H28NO3Si/c1-6-21-23(22-7-2)17-12-8-10-16(18(20)14(3)4)15(17)11-9-13-19-5/h8,10,12,19H,3,6-7,9,11,13H2,1-2,4-5H3. The highest BCUT2D eigenvalue weighted by molar-refractivity contribution is 6.62. The molecule has 5 heteroatoms. The highest BCUT2D eigenvalue weighted by Crippen LogP contribution is 2.15. The van der Waals surface area contributed by atoms with Crippen LogP contribution in [0.25, 0.3) is 0 Å². The molecule has 1 radical (unpaired) electrons. The first-order chi connectivity index (χ1) is 11.1. The molecule has 127 valence electrons. The summed E-state index contributed by atoms with van der Waals surface area (Å²) in [5, 5.41) is 4.20. The van der Waals surface area contributed by atoms with Gasteiger partial charge in [-0.1, -0.05) is 24.8 Å². The smallest absolute Gasteiger partial charge is 0.390 e. The lowest BCUT2D eigenvalue weighted by Crippen LogP contribution is -2.40. The second-order valence-corrected chi connectivity index (χ2v) is 6.99. The molecule has 0 saturated carbocycles. The molecule has 4 nitrogen and oxygen atoms in total. The average Bonchev–Trinajstić information content (AvgIpc) is 2.54. The Morgan fingerprint density at radius 3 is 2.43 bits per heavy atom. The predicted molar refractivity (Wildman–Crippen MR) is 96.5 cm³/mol. The fourth-order valence-corrected chi connectivity index (χ4v) is 4.05. The van der Waals surface area contributed by atoms with Gasteiger partial charge in [0.1, 0.15) is 0 Å². The van der Waals surface area contributed by atoms with E-state index < -0.39 is 9.28 Å². The molecule has 1 aromatic rings. The van der Waals surface area contributed by atoms with Gasteiger partial charge in [-0.15, -0.1) is 0 Å². The predicted octanol–water partition coefficient (Wildman–Crippen LogP) is 2.37. The Bertz CT molecular complexity index is 525. The largest absolute Gasteiger partial charge is 0.423 e. The van der Waals surface area contributed by atoms with Crippen LogP contribution in [-0.4, -0.2) is 41.9 Å². The monoisotopic (exact) mass is 334 g/mol. The molecule has 0 saturated heterocycles. The van der Waals surface area contributed by atoms with E-state index in [2.05, 4.69) is 11.9 Å². The van der Waals surface area contributed by atoms with Gasteiger partial charge in [0.15, 0.2) is 5.78 Å². The molecule has 0 fully saturated rings. The number of hydrogen-bond donors (Lipinski definition) is 1. The fraction of sp³-hybridized carbons (Fsp3) is 0.500. The molecule has 0 bridgehead atoms. The fourth-order valence-electron chi connectivity index (χ4n) is 2.39. The summed E-state index contributed by atoms with van der Waals surface area (Å²) in [5.74, 6) is 0.000606. The molecule has 0 aliphatic carbocycles. The first-order valence-corrected chi connectivity index (χ1v) is 9.48. The third kappa shape index (κ3) is 5.69. The average molecular weight is 335 g/mol. The highest BCUT2D eigenvalue weighted by Gasteiger charge is 2.25. The molecule has 0 heterocycles. The topological polar surface area (TPSA) is 47.6 Å². The van der Waals surface area contributed by atoms with Crippen LogP contribution in [0.3, 0.4) is 0 Å². The Morgan fingerprint density at radius 1 is 1.26 bits per heavy atom. The van der Waals surface area contributed by atoms with E-state index in [0.29, 0.717) is 18.8 Å². The maximum atomic E-state index is 12.5. The molecule has 1 aromatic carbocycles. The van der Waals surface area contributed by atoms with E-state index in [1.54, 1.807) is 6.92 Å². The number of ketones is 1. The van der Waals surface area contributed by atoms with Crippen LogP contribution in [0.2, 0.25) is 0 Å². The Kier molecular flexibility index (Phi) is 9.02. The van der Waals surface area contributed by atoms with Gasteiger partial charge in [0, 0.05) is 18.8 Å². The number of allylic oxidation sites excluding steroid dienone is 1. The molecule has 0 atom stereocenters. The van der Waals surface area contributed by atoms with Gasteiger partial charge in [-0.3, -0.25) is 4.79 Å². The lowest BCUT2D eigenvalue weighted by atomic mass is 9.96. The van der Waals surface area contributed by atoms with E-state index in [4.69, 9.17) is 8.85 Å². The van der Waals surface area contributed by atoms with Crippen molar-refractivity contribution in [2.75, 3.05) is 26.8 Å². The minimum Gasteiger partial charge on any atom is -0.390 e. The van der Waals surface area contributed by atoms with Crippen LogP contribution in [0.15, 0.2) is 30.4 Å². The van der Waals surface area contributed by atoms with Gasteiger partial charge in [0.25, 0.3) is 0 Å². The number of rotatable bonds is 11. The summed E-state index contributed by atoms with van der Waals surface area (Å²) in [4.78, 5) is 12.5. The Hall–Kier alpha value is -1.27. The number of nitrogens with one attached hydrogen (secondary N) is 1. The quantitative estimate of drug-likeness (QED) is 0.292. The molecule has 0 aromatic heterocycles. The molecule has 0 spiro atoms. The number of carbonyl (C=O) groups excluding carboxylic acids is 1. The molecule has 0 amide bonds. The number of hydrogen-bond acceptors (Lipinski definition) is 4. The van der Waals surface area contributed by atoms with Crippen molar-refractivity contribution in [3.8, 4) is 0 Å². The van der Waals surface area contributed by atoms with Crippen molar-refractivity contribution in [3.63, 3.8) is 0 Å². The Balaban J connectivity index is 3.27. The molecular formula is C18H28NO3Si. The van der Waals surface area contributed by atoms with Crippen LogP contribution >= 0.6 is 0 Å². The van der Waals surface area contributed by atoms with Gasteiger partial charge in [0.05, 0.1) is 0 Å². The molecule has 0 aliphatic heterocycles. The van der Waals surface area contributed by atoms with Crippen LogP contribution in [0.5, 0.6) is 0 Å². The molecule has 0 unspecified atom stereocenters. The Labute approximate surface area is 141 Å². The summed E-state index contributed by atoms with van der Waals surface area (Å²) in [7, 11) is 0.359. The lowest BCUT2D eigenvalue weighted by molar-refractivity contribution is 0.103. The van der Waals surface area contributed by atoms with Crippen LogP contribution in [0.4, 0.5) is 0 Å². The summed E-state index contributed by atoms with van der Waals surface area (Å²) in [5.41, 5.74) is 2.33. The van der Waals surface area contributed by atoms with Crippen molar-refractivity contribution in [1.82, 2.24) is 5.32 Å². The molecule has 23 heavy (non-hydrogen) atoms. The van der Waals surface area contributed by atoms with Crippen LogP contribution in [0, 0.1) is 0 Å². The summed E-state index contributed by atoms with van der Waals surface area (Å²) in [6.45, 7) is 11.6. The number of benzene rings is 1. The molecule has 0 aliphatic rings. The maximum absolute atomic E-state index is 12.5. The van der Waals surface area contributed by atoms with Crippen molar-refractivity contribution in [2.24, 2.45) is 0 Å². The van der Waals surface area contributed by atoms with Crippen LogP contribution in [-0.2, 0) is 15.3 Å². The summed E-state index contributed by atoms with van der Waals surface area (Å²) in [6, 6.07) is 5.83. The van der Waals surface area contributed by atoms with E-state index in [9.17, 15) is 4.79 Å². The Morgan fingerprint density at radius 2 is 1.91 bits per heavy atom. The van der Waals surface area contributed by atoms with Gasteiger partial charge >= 0.3 is 9.28 Å². The van der Waals surface area contributed by atoms with Crippen molar-refractivity contribution in [3.05, 3.63) is 41.5 Å². The number of Topliss-reactive ketones (excluding diaryl/α,β-unsaturated/α-hetero) is 1. The zero-order chi connectivity index (χ0) is 17.2. The second-order valence-electron chi connectivity index (χ2n) is 5.30. The first-order valence-electron chi connectivity index (χ1n) is 8.16. The zero-order valence-electron chi connectivity index (χ0n) is 14.7. The van der Waals surface area contributed by atoms with E-state index in [1.807, 2.05) is 39.1 Å². The number of carbonyl (C=O) groups is 1. The van der Waals surface area contributed by atoms with Gasteiger partial charge < -0.3 is 14.2 Å². The summed E-state index contributed by atoms with van der Waals surface area (Å²) in [6.07, 6.45) is 1.77. The van der Waals surface area contributed by atoms with E-state index in [-0.39, 0.29) is 5.78 Å². The van der Waals surface area contributed by atoms with Crippen molar-refractivity contribution in [1.29, 1.82) is 0 Å². The minimum atomic E-state index is -1.57. The van der Waals surface area contributed by atoms with E-state index >= 15 is 0 Å².